The van der Waals surface area contributed by atoms with E-state index >= 15 is 0 Å². The van der Waals surface area contributed by atoms with Crippen LogP contribution in [0.25, 0.3) is 0 Å². The number of anilines is 2. The zero-order valence-corrected chi connectivity index (χ0v) is 13.3. The van der Waals surface area contributed by atoms with Gasteiger partial charge in [-0.1, -0.05) is 12.1 Å². The van der Waals surface area contributed by atoms with Gasteiger partial charge in [-0.25, -0.2) is 9.29 Å². The zero-order chi connectivity index (χ0) is 15.4. The van der Waals surface area contributed by atoms with Crippen LogP contribution in [0.1, 0.15) is 5.69 Å². The molecule has 1 saturated heterocycles. The van der Waals surface area contributed by atoms with E-state index in [1.54, 1.807) is 18.2 Å². The van der Waals surface area contributed by atoms with E-state index < -0.39 is 0 Å². The molecule has 0 bridgehead atoms. The first-order valence-corrected chi connectivity index (χ1v) is 8.04. The highest BCUT2D eigenvalue weighted by atomic mass is 32.2. The van der Waals surface area contributed by atoms with Crippen LogP contribution >= 0.6 is 12.1 Å². The minimum atomic E-state index is -0.0542. The van der Waals surface area contributed by atoms with Crippen LogP contribution in [0, 0.1) is 6.92 Å². The van der Waals surface area contributed by atoms with Crippen LogP contribution < -0.4 is 15.2 Å². The number of rotatable bonds is 4. The summed E-state index contributed by atoms with van der Waals surface area (Å²) >= 11 is 1.58. The number of hydrogen-bond acceptors (Lipinski definition) is 6. The first-order chi connectivity index (χ1) is 10.7. The van der Waals surface area contributed by atoms with Crippen molar-refractivity contribution in [3.8, 4) is 0 Å². The third-order valence-corrected chi connectivity index (χ3v) is 4.42. The van der Waals surface area contributed by atoms with Crippen LogP contribution in [0.15, 0.2) is 41.2 Å². The molecule has 1 aliphatic rings. The fourth-order valence-electron chi connectivity index (χ4n) is 2.35. The molecular weight excluding hydrogens is 298 g/mol. The molecule has 2 aromatic heterocycles. The highest BCUT2D eigenvalue weighted by Crippen LogP contribution is 2.18. The lowest BCUT2D eigenvalue weighted by molar-refractivity contribution is 0.429. The molecule has 0 unspecified atom stereocenters. The number of aromatic amines is 1. The van der Waals surface area contributed by atoms with Gasteiger partial charge in [-0.15, -0.1) is 0 Å². The molecule has 7 heteroatoms. The van der Waals surface area contributed by atoms with E-state index in [1.165, 1.54) is 6.07 Å². The van der Waals surface area contributed by atoms with Gasteiger partial charge in [0.2, 0.25) is 5.56 Å². The van der Waals surface area contributed by atoms with Crippen molar-refractivity contribution in [1.82, 2.24) is 14.3 Å². The van der Waals surface area contributed by atoms with Crippen molar-refractivity contribution in [2.45, 2.75) is 6.92 Å². The molecule has 116 valence electrons. The average molecular weight is 317 g/mol. The van der Waals surface area contributed by atoms with Gasteiger partial charge in [0.1, 0.15) is 11.6 Å². The Bertz CT molecular complexity index is 681. The molecule has 0 saturated carbocycles. The van der Waals surface area contributed by atoms with E-state index in [0.29, 0.717) is 0 Å². The van der Waals surface area contributed by atoms with Gasteiger partial charge in [-0.2, -0.15) is 0 Å². The lowest BCUT2D eigenvalue weighted by atomic mass is 10.3. The van der Waals surface area contributed by atoms with Crippen molar-refractivity contribution in [1.29, 1.82) is 0 Å². The Balaban J connectivity index is 1.50. The fourth-order valence-corrected chi connectivity index (χ4v) is 3.03. The van der Waals surface area contributed by atoms with Crippen LogP contribution in [0.5, 0.6) is 0 Å². The molecule has 3 rings (SSSR count). The van der Waals surface area contributed by atoms with Gasteiger partial charge >= 0.3 is 0 Å². The van der Waals surface area contributed by atoms with E-state index in [4.69, 9.17) is 0 Å². The first-order valence-electron chi connectivity index (χ1n) is 7.26. The largest absolute Gasteiger partial charge is 0.355 e. The van der Waals surface area contributed by atoms with Gasteiger partial charge in [-0.3, -0.25) is 4.79 Å². The van der Waals surface area contributed by atoms with Crippen LogP contribution in [0.2, 0.25) is 0 Å². The van der Waals surface area contributed by atoms with E-state index in [0.717, 1.165) is 43.5 Å². The minimum Gasteiger partial charge on any atom is -0.355 e. The van der Waals surface area contributed by atoms with Crippen LogP contribution in [0.3, 0.4) is 0 Å². The highest BCUT2D eigenvalue weighted by Gasteiger charge is 2.18. The molecule has 0 radical (unpaired) electrons. The Morgan fingerprint density at radius 3 is 2.64 bits per heavy atom. The molecule has 22 heavy (non-hydrogen) atoms. The number of aryl methyl sites for hydroxylation is 1. The Morgan fingerprint density at radius 1 is 1.14 bits per heavy atom. The molecule has 0 aliphatic carbocycles. The fraction of sp³-hybridized carbons (Fsp3) is 0.333. The summed E-state index contributed by atoms with van der Waals surface area (Å²) in [7, 11) is 0. The minimum absolute atomic E-state index is 0.0542. The van der Waals surface area contributed by atoms with Gasteiger partial charge < -0.3 is 14.6 Å². The summed E-state index contributed by atoms with van der Waals surface area (Å²) in [6.07, 6.45) is 0. The van der Waals surface area contributed by atoms with Gasteiger partial charge in [0, 0.05) is 50.1 Å². The molecule has 0 spiro atoms. The number of nitrogens with one attached hydrogen (secondary N) is 2. The Hall–Kier alpha value is -1.99. The third-order valence-electron chi connectivity index (χ3n) is 3.50. The zero-order valence-electron chi connectivity index (χ0n) is 12.5. The highest BCUT2D eigenvalue weighted by molar-refractivity contribution is 7.98. The van der Waals surface area contributed by atoms with E-state index in [9.17, 15) is 4.79 Å². The molecule has 0 atom stereocenters. The SMILES string of the molecule is Cc1cccc(NSN2CCN(c3cccc(=O)[nH]3)CC2)n1. The number of nitrogens with zero attached hydrogens (tertiary/aromatic N) is 3. The summed E-state index contributed by atoms with van der Waals surface area (Å²) in [4.78, 5) is 20.9. The van der Waals surface area contributed by atoms with E-state index in [1.807, 2.05) is 31.2 Å². The second-order valence-corrected chi connectivity index (χ2v) is 6.08. The topological polar surface area (TPSA) is 64.3 Å². The lowest BCUT2D eigenvalue weighted by Crippen LogP contribution is -2.44. The molecule has 0 amide bonds. The Labute approximate surface area is 133 Å². The van der Waals surface area contributed by atoms with Crippen LogP contribution in [-0.4, -0.2) is 40.5 Å². The maximum atomic E-state index is 11.4. The standard InChI is InChI=1S/C15H19N5OS/c1-12-4-2-5-13(16-12)18-22-20-10-8-19(9-11-20)14-6-3-7-15(21)17-14/h2-7H,8-11H2,1H3,(H,16,18)(H,17,21). The summed E-state index contributed by atoms with van der Waals surface area (Å²) in [5.74, 6) is 1.77. The van der Waals surface area contributed by atoms with Crippen LogP contribution in [0.4, 0.5) is 11.6 Å². The van der Waals surface area contributed by atoms with Crippen LogP contribution in [-0.2, 0) is 0 Å². The molecule has 6 nitrogen and oxygen atoms in total. The maximum absolute atomic E-state index is 11.4. The van der Waals surface area contributed by atoms with E-state index in [2.05, 4.69) is 23.9 Å². The molecule has 0 aromatic carbocycles. The number of H-pyrrole nitrogens is 1. The van der Waals surface area contributed by atoms with Crippen molar-refractivity contribution in [3.05, 3.63) is 52.4 Å². The first kappa shape index (κ1) is 14.9. The number of pyridine rings is 2. The van der Waals surface area contributed by atoms with Gasteiger partial charge in [-0.05, 0) is 25.1 Å². The molecule has 1 fully saturated rings. The monoisotopic (exact) mass is 317 g/mol. The van der Waals surface area contributed by atoms with Crippen molar-refractivity contribution in [3.63, 3.8) is 0 Å². The Kier molecular flexibility index (Phi) is 4.65. The number of aromatic nitrogens is 2. The second kappa shape index (κ2) is 6.85. The third kappa shape index (κ3) is 3.80. The number of hydrogen-bond donors (Lipinski definition) is 2. The average Bonchev–Trinajstić information content (AvgIpc) is 2.54. The predicted molar refractivity (Wildman–Crippen MR) is 91.0 cm³/mol. The molecule has 2 aromatic rings. The summed E-state index contributed by atoms with van der Waals surface area (Å²) < 4.78 is 5.54. The van der Waals surface area contributed by atoms with Crippen molar-refractivity contribution >= 4 is 23.8 Å². The summed E-state index contributed by atoms with van der Waals surface area (Å²) in [6, 6.07) is 11.2. The summed E-state index contributed by atoms with van der Waals surface area (Å²) in [5, 5.41) is 0. The van der Waals surface area contributed by atoms with Crippen molar-refractivity contribution in [2.75, 3.05) is 35.8 Å². The molecule has 2 N–H and O–H groups in total. The summed E-state index contributed by atoms with van der Waals surface area (Å²) in [5.41, 5.74) is 0.949. The molecule has 1 aliphatic heterocycles. The lowest BCUT2D eigenvalue weighted by Gasteiger charge is -2.34. The second-order valence-electron chi connectivity index (χ2n) is 5.17. The summed E-state index contributed by atoms with van der Waals surface area (Å²) in [6.45, 7) is 5.59. The quantitative estimate of drug-likeness (QED) is 0.840. The number of piperazine rings is 1. The van der Waals surface area contributed by atoms with Crippen molar-refractivity contribution < 1.29 is 0 Å². The van der Waals surface area contributed by atoms with E-state index in [-0.39, 0.29) is 5.56 Å². The van der Waals surface area contributed by atoms with Gasteiger partial charge in [0.25, 0.3) is 0 Å². The van der Waals surface area contributed by atoms with Gasteiger partial charge in [0.05, 0.1) is 0 Å². The molecular formula is C15H19N5OS. The molecule has 3 heterocycles. The van der Waals surface area contributed by atoms with Gasteiger partial charge in [0.15, 0.2) is 0 Å². The normalized spacial score (nSPS) is 15.8. The smallest absolute Gasteiger partial charge is 0.249 e. The maximum Gasteiger partial charge on any atom is 0.249 e. The predicted octanol–water partition coefficient (Wildman–Crippen LogP) is 1.88. The Morgan fingerprint density at radius 2 is 1.91 bits per heavy atom. The van der Waals surface area contributed by atoms with Crippen molar-refractivity contribution in [2.24, 2.45) is 0 Å².